The maximum atomic E-state index is 15.6. The van der Waals surface area contributed by atoms with E-state index in [1.807, 2.05) is 27.7 Å². The van der Waals surface area contributed by atoms with Crippen LogP contribution in [-0.2, 0) is 61.1 Å². The standard InChI is InChI=1S/C72H112INO13Si2/c1-46-37-47(2)39-59(78-17)64(86-88(19,20)68(6,7)8)60(79-18)41-49(4)63-65(84-70(12,13)83-63)66(75)74-36-28-27-33-56(74)67(76)81-62(50(5)61-44-72(87-71(14,15)82-61)52(38-46)43-53(73)45-80-72)48(3)40-51-34-35-57(58(42-51)77-16)85-89(69(9,10)11,54-29-23-21-24-30-54)55-31-25-22-26-32-55/h21-26,29-32,38,40,47,49-53,56-62,64H,27-28,33-37,39,41-45H2,1-20H3/b46-38+,48-40?/t47-,49+,50+,51-,52-,53-,56-,57+,58+,59-,60-,61-,62+,64+,72+/m0/s1. The molecule has 498 valence electrons. The Balaban J connectivity index is 1.20. The minimum absolute atomic E-state index is 0.0812. The average Bonchev–Trinajstić information content (AvgIpc) is 2.42. The van der Waals surface area contributed by atoms with Crippen molar-refractivity contribution in [3.63, 3.8) is 0 Å². The summed E-state index contributed by atoms with van der Waals surface area (Å²) >= 11 is 2.53. The summed E-state index contributed by atoms with van der Waals surface area (Å²) in [5, 5.41) is 2.17. The number of hydrogen-bond acceptors (Lipinski definition) is 13. The Morgan fingerprint density at radius 1 is 0.742 bits per heavy atom. The summed E-state index contributed by atoms with van der Waals surface area (Å²) < 4.78 is 76.6. The number of carbonyl (C=O) groups excluding carboxylic acids is 2. The van der Waals surface area contributed by atoms with Gasteiger partial charge in [-0.3, -0.25) is 4.79 Å². The Hall–Kier alpha value is -2.96. The molecule has 1 saturated carbocycles. The smallest absolute Gasteiger partial charge is 0.329 e. The molecule has 5 heterocycles. The van der Waals surface area contributed by atoms with E-state index in [1.165, 1.54) is 15.9 Å². The number of alkyl halides is 1. The number of benzene rings is 2. The van der Waals surface area contributed by atoms with Crippen molar-refractivity contribution in [1.29, 1.82) is 0 Å². The lowest BCUT2D eigenvalue weighted by atomic mass is 9.79. The lowest BCUT2D eigenvalue weighted by Crippen LogP contribution is -2.68. The van der Waals surface area contributed by atoms with Gasteiger partial charge in [-0.15, -0.1) is 0 Å². The van der Waals surface area contributed by atoms with Crippen LogP contribution in [0.5, 0.6) is 0 Å². The van der Waals surface area contributed by atoms with E-state index in [0.29, 0.717) is 51.0 Å². The number of halogens is 1. The Morgan fingerprint density at radius 2 is 1.36 bits per heavy atom. The van der Waals surface area contributed by atoms with E-state index in [1.54, 1.807) is 26.2 Å². The van der Waals surface area contributed by atoms with Gasteiger partial charge in [0.2, 0.25) is 11.5 Å². The fourth-order valence-electron chi connectivity index (χ4n) is 15.1. The number of nitrogens with zero attached hydrogens (tertiary/aromatic N) is 1. The number of methoxy groups -OCH3 is 3. The van der Waals surface area contributed by atoms with Gasteiger partial charge in [0.1, 0.15) is 12.1 Å². The molecule has 1 amide bonds. The van der Waals surface area contributed by atoms with Crippen molar-refractivity contribution in [3.05, 3.63) is 95.5 Å². The molecule has 1 spiro atoms. The van der Waals surface area contributed by atoms with Gasteiger partial charge in [0.05, 0.1) is 43.2 Å². The van der Waals surface area contributed by atoms with Gasteiger partial charge in [-0.2, -0.15) is 0 Å². The molecule has 1 aliphatic carbocycles. The van der Waals surface area contributed by atoms with Crippen LogP contribution in [0.1, 0.15) is 174 Å². The highest BCUT2D eigenvalue weighted by Gasteiger charge is 2.57. The van der Waals surface area contributed by atoms with Crippen LogP contribution in [0, 0.1) is 29.6 Å². The van der Waals surface area contributed by atoms with Gasteiger partial charge in [-0.1, -0.05) is 163 Å². The number of amides is 1. The van der Waals surface area contributed by atoms with Crippen LogP contribution in [0.4, 0.5) is 0 Å². The summed E-state index contributed by atoms with van der Waals surface area (Å²) in [6.45, 7) is 37.5. The van der Waals surface area contributed by atoms with Crippen LogP contribution in [0.3, 0.4) is 0 Å². The zero-order chi connectivity index (χ0) is 65.2. The molecule has 5 aliphatic heterocycles. The molecule has 2 bridgehead atoms. The summed E-state index contributed by atoms with van der Waals surface area (Å²) in [5.41, 5.74) is 2.16. The van der Waals surface area contributed by atoms with E-state index in [9.17, 15) is 0 Å². The lowest BCUT2D eigenvalue weighted by molar-refractivity contribution is -0.422. The molecule has 4 fully saturated rings. The number of carbonyl (C=O) groups is 2. The third kappa shape index (κ3) is 16.4. The highest BCUT2D eigenvalue weighted by Crippen LogP contribution is 2.50. The van der Waals surface area contributed by atoms with Gasteiger partial charge in [0.25, 0.3) is 14.2 Å². The fourth-order valence-corrected chi connectivity index (χ4v) is 21.9. The van der Waals surface area contributed by atoms with Crippen molar-refractivity contribution < 1.29 is 61.1 Å². The Morgan fingerprint density at radius 3 is 1.96 bits per heavy atom. The first-order valence-corrected chi connectivity index (χ1v) is 39.4. The first kappa shape index (κ1) is 71.9. The molecule has 6 aliphatic rings. The predicted octanol–water partition coefficient (Wildman–Crippen LogP) is 14.5. The molecule has 17 heteroatoms. The van der Waals surface area contributed by atoms with Crippen molar-refractivity contribution >= 4 is 61.5 Å². The highest BCUT2D eigenvalue weighted by molar-refractivity contribution is 14.1. The monoisotopic (exact) mass is 1380 g/mol. The first-order valence-electron chi connectivity index (χ1n) is 33.4. The van der Waals surface area contributed by atoms with Gasteiger partial charge >= 0.3 is 5.97 Å². The minimum Gasteiger partial charge on any atom is -0.456 e. The first-order chi connectivity index (χ1) is 41.7. The quantitative estimate of drug-likeness (QED) is 0.0694. The zero-order valence-electron chi connectivity index (χ0n) is 57.8. The summed E-state index contributed by atoms with van der Waals surface area (Å²) in [4.78, 5) is 32.8. The molecular formula is C72H112INO13Si2. The lowest BCUT2D eigenvalue weighted by Gasteiger charge is -2.54. The van der Waals surface area contributed by atoms with Gasteiger partial charge in [0.15, 0.2) is 25.7 Å². The summed E-state index contributed by atoms with van der Waals surface area (Å²) in [7, 11) is -0.00713. The third-order valence-electron chi connectivity index (χ3n) is 20.6. The Labute approximate surface area is 551 Å². The molecule has 14 nitrogen and oxygen atoms in total. The van der Waals surface area contributed by atoms with Gasteiger partial charge in [-0.05, 0) is 143 Å². The number of allylic oxidation sites excluding steroid dienone is 3. The van der Waals surface area contributed by atoms with Crippen LogP contribution >= 0.6 is 22.6 Å². The molecule has 2 aromatic carbocycles. The van der Waals surface area contributed by atoms with Gasteiger partial charge in [0, 0.05) is 69.8 Å². The average molecular weight is 1380 g/mol. The second kappa shape index (κ2) is 29.0. The van der Waals surface area contributed by atoms with Crippen LogP contribution in [0.25, 0.3) is 0 Å². The van der Waals surface area contributed by atoms with Crippen molar-refractivity contribution in [2.45, 2.75) is 268 Å². The molecule has 0 N–H and O–H groups in total. The van der Waals surface area contributed by atoms with Crippen molar-refractivity contribution in [3.8, 4) is 0 Å². The molecule has 0 unspecified atom stereocenters. The van der Waals surface area contributed by atoms with Gasteiger partial charge < -0.3 is 56.4 Å². The highest BCUT2D eigenvalue weighted by atomic mass is 127. The SMILES string of the molecule is CO[C@H]1C[C@@H](C)C/C(C)=C/[C@H]2C[C@H](I)CO[C@@]23C[C@H](OC(C)(C)O3)[C@@H](C)[C@@H](C(C)=C[C@@H]2CC[C@@H](O[Si](c3ccccc3)(c3ccccc3)C(C)(C)C)[C@H](OC)C2)OC(=O)[C@@H]2CCCCN2C(=O)C2=C(OC(C)(C)O2)[C@H](C)C[C@H](OC)[C@@H]1O[Si](C)(C)C(C)(C)C. The number of ether oxygens (including phenoxy) is 9. The number of cyclic esters (lactones) is 1. The summed E-state index contributed by atoms with van der Waals surface area (Å²) in [5.74, 6) is -4.11. The number of rotatable bonds is 11. The number of esters is 1. The topological polar surface area (TPSA) is 139 Å². The second-order valence-corrected chi connectivity index (χ2v) is 41.4. The molecule has 15 atom stereocenters. The fraction of sp³-hybridized carbons (Fsp3) is 0.722. The normalized spacial score (nSPS) is 34.8. The molecule has 0 radical (unpaired) electrons. The molecule has 2 aromatic rings. The maximum absolute atomic E-state index is 15.6. The Bertz CT molecular complexity index is 2760. The van der Waals surface area contributed by atoms with Crippen molar-refractivity contribution in [2.24, 2.45) is 29.6 Å². The van der Waals surface area contributed by atoms with E-state index >= 15 is 9.59 Å². The van der Waals surface area contributed by atoms with Crippen LogP contribution in [0.2, 0.25) is 23.2 Å². The van der Waals surface area contributed by atoms with E-state index in [-0.39, 0.29) is 67.7 Å². The third-order valence-corrected chi connectivity index (χ3v) is 31.0. The molecule has 3 saturated heterocycles. The van der Waals surface area contributed by atoms with E-state index in [2.05, 4.69) is 185 Å². The molecule has 8 rings (SSSR count). The van der Waals surface area contributed by atoms with Crippen molar-refractivity contribution in [1.82, 2.24) is 4.90 Å². The molecule has 89 heavy (non-hydrogen) atoms. The zero-order valence-corrected chi connectivity index (χ0v) is 62.0. The Kier molecular flexibility index (Phi) is 23.4. The van der Waals surface area contributed by atoms with E-state index < -0.39 is 76.3 Å². The summed E-state index contributed by atoms with van der Waals surface area (Å²) in [6, 6.07) is 20.7. The van der Waals surface area contributed by atoms with E-state index in [0.717, 1.165) is 44.1 Å². The maximum Gasteiger partial charge on any atom is 0.329 e. The van der Waals surface area contributed by atoms with Crippen LogP contribution in [-0.4, -0.2) is 138 Å². The minimum atomic E-state index is -2.91. The summed E-state index contributed by atoms with van der Waals surface area (Å²) in [6.07, 6.45) is 9.41. The van der Waals surface area contributed by atoms with E-state index in [4.69, 9.17) is 51.5 Å². The van der Waals surface area contributed by atoms with Crippen LogP contribution < -0.4 is 10.4 Å². The largest absolute Gasteiger partial charge is 0.456 e. The number of fused-ring (bicyclic) bond motifs is 2. The molecular weight excluding hydrogens is 1270 g/mol. The second-order valence-electron chi connectivity index (χ2n) is 30.6. The van der Waals surface area contributed by atoms with Crippen LogP contribution in [0.15, 0.2) is 95.5 Å². The number of hydrogen-bond donors (Lipinski definition) is 0. The molecule has 0 aromatic heterocycles. The number of piperidine rings is 1. The van der Waals surface area contributed by atoms with Gasteiger partial charge in [-0.25, -0.2) is 4.79 Å². The van der Waals surface area contributed by atoms with Crippen molar-refractivity contribution in [2.75, 3.05) is 34.5 Å². The predicted molar refractivity (Wildman–Crippen MR) is 365 cm³/mol.